The zero-order valence-electron chi connectivity index (χ0n) is 15.7. The van der Waals surface area contributed by atoms with Crippen molar-refractivity contribution in [2.75, 3.05) is 10.6 Å². The third-order valence-electron chi connectivity index (χ3n) is 4.05. The van der Waals surface area contributed by atoms with Gasteiger partial charge in [-0.15, -0.1) is 0 Å². The van der Waals surface area contributed by atoms with Crippen LogP contribution in [0.4, 0.5) is 15.8 Å². The SMILES string of the molecule is Cc1cccc(NC(=O)c2ccc(=O)n(CCC(=O)Nc3ccc(F)cc3)n2)c1. The van der Waals surface area contributed by atoms with Crippen LogP contribution in [0.3, 0.4) is 0 Å². The van der Waals surface area contributed by atoms with E-state index >= 15 is 0 Å². The lowest BCUT2D eigenvalue weighted by Gasteiger charge is -2.09. The summed E-state index contributed by atoms with van der Waals surface area (Å²) in [5.41, 5.74) is 1.70. The molecule has 0 fully saturated rings. The third-order valence-corrected chi connectivity index (χ3v) is 4.05. The van der Waals surface area contributed by atoms with Crippen LogP contribution < -0.4 is 16.2 Å². The molecule has 2 aromatic carbocycles. The van der Waals surface area contributed by atoms with Gasteiger partial charge in [-0.1, -0.05) is 12.1 Å². The fourth-order valence-electron chi connectivity index (χ4n) is 2.61. The number of aryl methyl sites for hydroxylation is 2. The fourth-order valence-corrected chi connectivity index (χ4v) is 2.61. The summed E-state index contributed by atoms with van der Waals surface area (Å²) in [5, 5.41) is 9.37. The molecule has 8 heteroatoms. The van der Waals surface area contributed by atoms with Crippen molar-refractivity contribution in [3.63, 3.8) is 0 Å². The van der Waals surface area contributed by atoms with Crippen LogP contribution >= 0.6 is 0 Å². The van der Waals surface area contributed by atoms with Gasteiger partial charge in [-0.2, -0.15) is 5.10 Å². The van der Waals surface area contributed by atoms with Crippen LogP contribution in [-0.2, 0) is 11.3 Å². The predicted octanol–water partition coefficient (Wildman–Crippen LogP) is 2.97. The molecule has 3 rings (SSSR count). The summed E-state index contributed by atoms with van der Waals surface area (Å²) < 4.78 is 14.0. The minimum Gasteiger partial charge on any atom is -0.326 e. The number of halogens is 1. The van der Waals surface area contributed by atoms with Crippen LogP contribution in [0.5, 0.6) is 0 Å². The predicted molar refractivity (Wildman–Crippen MR) is 107 cm³/mol. The van der Waals surface area contributed by atoms with Crippen molar-refractivity contribution in [1.82, 2.24) is 9.78 Å². The van der Waals surface area contributed by atoms with E-state index in [9.17, 15) is 18.8 Å². The van der Waals surface area contributed by atoms with Crippen molar-refractivity contribution in [2.24, 2.45) is 0 Å². The van der Waals surface area contributed by atoms with Crippen molar-refractivity contribution in [3.8, 4) is 0 Å². The molecular formula is C21H19FN4O3. The molecule has 0 radical (unpaired) electrons. The average Bonchev–Trinajstić information content (AvgIpc) is 2.69. The van der Waals surface area contributed by atoms with Gasteiger partial charge in [0.2, 0.25) is 5.91 Å². The molecule has 3 aromatic rings. The molecule has 0 aliphatic rings. The highest BCUT2D eigenvalue weighted by molar-refractivity contribution is 6.02. The van der Waals surface area contributed by atoms with Crippen LogP contribution in [0.25, 0.3) is 0 Å². The Balaban J connectivity index is 1.64. The summed E-state index contributed by atoms with van der Waals surface area (Å²) in [6, 6.07) is 15.2. The lowest BCUT2D eigenvalue weighted by atomic mass is 10.2. The molecule has 0 aliphatic heterocycles. The molecule has 0 saturated carbocycles. The summed E-state index contributed by atoms with van der Waals surface area (Å²) >= 11 is 0. The Morgan fingerprint density at radius 1 is 1.00 bits per heavy atom. The zero-order chi connectivity index (χ0) is 20.8. The Morgan fingerprint density at radius 2 is 1.76 bits per heavy atom. The fraction of sp³-hybridized carbons (Fsp3) is 0.143. The first-order valence-electron chi connectivity index (χ1n) is 8.92. The molecule has 0 bridgehead atoms. The van der Waals surface area contributed by atoms with Crippen LogP contribution in [0.2, 0.25) is 0 Å². The second-order valence-electron chi connectivity index (χ2n) is 6.41. The van der Waals surface area contributed by atoms with Gasteiger partial charge in [-0.05, 0) is 55.0 Å². The van der Waals surface area contributed by atoms with Crippen LogP contribution in [0.15, 0.2) is 65.5 Å². The van der Waals surface area contributed by atoms with Crippen molar-refractivity contribution in [3.05, 3.63) is 88.1 Å². The van der Waals surface area contributed by atoms with Gasteiger partial charge in [0, 0.05) is 23.9 Å². The maximum atomic E-state index is 12.9. The van der Waals surface area contributed by atoms with Crippen LogP contribution in [0.1, 0.15) is 22.5 Å². The van der Waals surface area contributed by atoms with Gasteiger partial charge in [-0.3, -0.25) is 14.4 Å². The number of anilines is 2. The summed E-state index contributed by atoms with van der Waals surface area (Å²) in [7, 11) is 0. The summed E-state index contributed by atoms with van der Waals surface area (Å²) in [4.78, 5) is 36.4. The monoisotopic (exact) mass is 394 g/mol. The lowest BCUT2D eigenvalue weighted by Crippen LogP contribution is -2.28. The van der Waals surface area contributed by atoms with E-state index in [-0.39, 0.29) is 24.6 Å². The quantitative estimate of drug-likeness (QED) is 0.672. The van der Waals surface area contributed by atoms with Gasteiger partial charge in [0.15, 0.2) is 0 Å². The van der Waals surface area contributed by atoms with Gasteiger partial charge >= 0.3 is 0 Å². The highest BCUT2D eigenvalue weighted by Gasteiger charge is 2.11. The molecule has 0 saturated heterocycles. The van der Waals surface area contributed by atoms with Gasteiger partial charge in [0.1, 0.15) is 11.5 Å². The van der Waals surface area contributed by atoms with E-state index in [1.807, 2.05) is 25.1 Å². The number of benzene rings is 2. The molecular weight excluding hydrogens is 375 g/mol. The minimum atomic E-state index is -0.458. The number of aromatic nitrogens is 2. The van der Waals surface area contributed by atoms with E-state index < -0.39 is 17.3 Å². The van der Waals surface area contributed by atoms with Gasteiger partial charge in [0.05, 0.1) is 6.54 Å². The van der Waals surface area contributed by atoms with E-state index in [0.29, 0.717) is 11.4 Å². The van der Waals surface area contributed by atoms with Crippen LogP contribution in [0, 0.1) is 12.7 Å². The molecule has 29 heavy (non-hydrogen) atoms. The smallest absolute Gasteiger partial charge is 0.276 e. The number of nitrogens with zero attached hydrogens (tertiary/aromatic N) is 2. The maximum Gasteiger partial charge on any atom is 0.276 e. The number of hydrogen-bond acceptors (Lipinski definition) is 4. The lowest BCUT2D eigenvalue weighted by molar-refractivity contribution is -0.116. The molecule has 1 heterocycles. The second-order valence-corrected chi connectivity index (χ2v) is 6.41. The molecule has 0 unspecified atom stereocenters. The second kappa shape index (κ2) is 8.92. The van der Waals surface area contributed by atoms with E-state index in [4.69, 9.17) is 0 Å². The van der Waals surface area contributed by atoms with E-state index in [2.05, 4.69) is 15.7 Å². The number of hydrogen-bond donors (Lipinski definition) is 2. The Morgan fingerprint density at radius 3 is 2.48 bits per heavy atom. The average molecular weight is 394 g/mol. The Bertz CT molecular complexity index is 1090. The van der Waals surface area contributed by atoms with E-state index in [1.165, 1.54) is 36.4 Å². The largest absolute Gasteiger partial charge is 0.326 e. The molecule has 2 amide bonds. The Hall–Kier alpha value is -3.81. The molecule has 0 spiro atoms. The molecule has 2 N–H and O–H groups in total. The van der Waals surface area contributed by atoms with Crippen molar-refractivity contribution in [1.29, 1.82) is 0 Å². The Labute approximate surface area is 166 Å². The van der Waals surface area contributed by atoms with Crippen LogP contribution in [-0.4, -0.2) is 21.6 Å². The van der Waals surface area contributed by atoms with Gasteiger partial charge in [-0.25, -0.2) is 9.07 Å². The maximum absolute atomic E-state index is 12.9. The van der Waals surface area contributed by atoms with Crippen molar-refractivity contribution >= 4 is 23.2 Å². The molecule has 0 aliphatic carbocycles. The number of carbonyl (C=O) groups is 2. The normalized spacial score (nSPS) is 10.4. The number of amides is 2. The van der Waals surface area contributed by atoms with Gasteiger partial charge < -0.3 is 10.6 Å². The summed E-state index contributed by atoms with van der Waals surface area (Å²) in [6.45, 7) is 1.91. The first-order valence-corrected chi connectivity index (χ1v) is 8.92. The molecule has 148 valence electrons. The Kier molecular flexibility index (Phi) is 6.13. The topological polar surface area (TPSA) is 93.1 Å². The van der Waals surface area contributed by atoms with Gasteiger partial charge in [0.25, 0.3) is 11.5 Å². The standard InChI is InChI=1S/C21H19FN4O3/c1-14-3-2-4-17(13-14)24-21(29)18-9-10-20(28)26(25-18)12-11-19(27)23-16-7-5-15(22)6-8-16/h2-10,13H,11-12H2,1H3,(H,23,27)(H,24,29). The first kappa shape index (κ1) is 19.9. The number of carbonyl (C=O) groups excluding carboxylic acids is 2. The highest BCUT2D eigenvalue weighted by Crippen LogP contribution is 2.11. The first-order chi connectivity index (χ1) is 13.9. The summed E-state index contributed by atoms with van der Waals surface area (Å²) in [5.74, 6) is -1.22. The number of nitrogens with one attached hydrogen (secondary N) is 2. The zero-order valence-corrected chi connectivity index (χ0v) is 15.7. The summed E-state index contributed by atoms with van der Waals surface area (Å²) in [6.07, 6.45) is -0.0345. The third kappa shape index (κ3) is 5.58. The molecule has 1 aromatic heterocycles. The van der Waals surface area contributed by atoms with E-state index in [1.54, 1.807) is 6.07 Å². The highest BCUT2D eigenvalue weighted by atomic mass is 19.1. The van der Waals surface area contributed by atoms with Crippen molar-refractivity contribution in [2.45, 2.75) is 19.9 Å². The van der Waals surface area contributed by atoms with Crippen molar-refractivity contribution < 1.29 is 14.0 Å². The molecule has 7 nitrogen and oxygen atoms in total. The van der Waals surface area contributed by atoms with E-state index in [0.717, 1.165) is 10.2 Å². The minimum absolute atomic E-state index is 0.00255. The molecule has 0 atom stereocenters. The number of rotatable bonds is 6.